The standard InChI is InChI=1S/C18H20N2O4S2/c21-17(10-11-26(23,24)14-7-2-1-3-8-14)19-20-18(22)16-12-13-6-4-5-9-15(13)25-16/h1-3,7-8,12H,4-6,9-11H2,(H,19,21)(H,20,22). The molecule has 2 N–H and O–H groups in total. The molecular formula is C18H20N2O4S2. The molecule has 138 valence electrons. The van der Waals surface area contributed by atoms with Crippen LogP contribution in [0.25, 0.3) is 0 Å². The maximum Gasteiger partial charge on any atom is 0.279 e. The van der Waals surface area contributed by atoms with Gasteiger partial charge in [-0.05, 0) is 49.4 Å². The number of benzene rings is 1. The van der Waals surface area contributed by atoms with Crippen LogP contribution >= 0.6 is 11.3 Å². The monoisotopic (exact) mass is 392 g/mol. The normalized spacial score (nSPS) is 13.7. The van der Waals surface area contributed by atoms with Gasteiger partial charge in [-0.15, -0.1) is 11.3 Å². The van der Waals surface area contributed by atoms with Crippen molar-refractivity contribution in [3.8, 4) is 0 Å². The maximum atomic E-state index is 12.2. The van der Waals surface area contributed by atoms with Crippen LogP contribution in [0.2, 0.25) is 0 Å². The molecule has 0 aliphatic heterocycles. The van der Waals surface area contributed by atoms with Crippen LogP contribution < -0.4 is 10.9 Å². The van der Waals surface area contributed by atoms with Gasteiger partial charge in [0.15, 0.2) is 9.84 Å². The van der Waals surface area contributed by atoms with Crippen molar-refractivity contribution in [2.75, 3.05) is 5.75 Å². The third-order valence-electron chi connectivity index (χ3n) is 4.24. The lowest BCUT2D eigenvalue weighted by Crippen LogP contribution is -2.41. The molecule has 0 atom stereocenters. The SMILES string of the molecule is O=C(CCS(=O)(=O)c1ccccc1)NNC(=O)c1cc2c(s1)CCCC2. The van der Waals surface area contributed by atoms with E-state index in [1.807, 2.05) is 6.07 Å². The number of hydrazine groups is 1. The number of aryl methyl sites for hydroxylation is 2. The number of hydrogen-bond acceptors (Lipinski definition) is 5. The second kappa shape index (κ2) is 8.01. The molecule has 0 saturated heterocycles. The third kappa shape index (κ3) is 4.50. The van der Waals surface area contributed by atoms with Gasteiger partial charge in [0.2, 0.25) is 5.91 Å². The zero-order valence-electron chi connectivity index (χ0n) is 14.2. The molecule has 0 spiro atoms. The van der Waals surface area contributed by atoms with Gasteiger partial charge in [0.25, 0.3) is 5.91 Å². The minimum Gasteiger partial charge on any atom is -0.273 e. The van der Waals surface area contributed by atoms with E-state index in [-0.39, 0.29) is 23.0 Å². The van der Waals surface area contributed by atoms with E-state index in [1.165, 1.54) is 33.9 Å². The molecule has 1 heterocycles. The Bertz CT molecular complexity index is 881. The number of nitrogens with one attached hydrogen (secondary N) is 2. The fraction of sp³-hybridized carbons (Fsp3) is 0.333. The van der Waals surface area contributed by atoms with Crippen molar-refractivity contribution < 1.29 is 18.0 Å². The Morgan fingerprint density at radius 3 is 2.50 bits per heavy atom. The largest absolute Gasteiger partial charge is 0.279 e. The molecular weight excluding hydrogens is 372 g/mol. The van der Waals surface area contributed by atoms with Crippen molar-refractivity contribution in [3.63, 3.8) is 0 Å². The van der Waals surface area contributed by atoms with E-state index < -0.39 is 15.7 Å². The van der Waals surface area contributed by atoms with Crippen LogP contribution in [0.5, 0.6) is 0 Å². The van der Waals surface area contributed by atoms with Crippen LogP contribution in [0.1, 0.15) is 39.4 Å². The van der Waals surface area contributed by atoms with Crippen molar-refractivity contribution in [2.24, 2.45) is 0 Å². The molecule has 2 amide bonds. The molecule has 1 aliphatic carbocycles. The summed E-state index contributed by atoms with van der Waals surface area (Å²) in [6.45, 7) is 0. The fourth-order valence-corrected chi connectivity index (χ4v) is 5.24. The van der Waals surface area contributed by atoms with Gasteiger partial charge in [0, 0.05) is 11.3 Å². The van der Waals surface area contributed by atoms with Crippen LogP contribution in [0.3, 0.4) is 0 Å². The first-order valence-electron chi connectivity index (χ1n) is 8.44. The summed E-state index contributed by atoms with van der Waals surface area (Å²) in [6.07, 6.45) is 4.04. The smallest absolute Gasteiger partial charge is 0.273 e. The van der Waals surface area contributed by atoms with Gasteiger partial charge in [-0.3, -0.25) is 20.4 Å². The average molecular weight is 393 g/mol. The highest BCUT2D eigenvalue weighted by Crippen LogP contribution is 2.29. The number of amides is 2. The second-order valence-corrected chi connectivity index (χ2v) is 9.40. The number of thiophene rings is 1. The average Bonchev–Trinajstić information content (AvgIpc) is 3.09. The van der Waals surface area contributed by atoms with Gasteiger partial charge >= 0.3 is 0 Å². The third-order valence-corrected chi connectivity index (χ3v) is 7.20. The zero-order chi connectivity index (χ0) is 18.6. The topological polar surface area (TPSA) is 92.3 Å². The summed E-state index contributed by atoms with van der Waals surface area (Å²) in [5.74, 6) is -1.23. The molecule has 0 bridgehead atoms. The molecule has 8 heteroatoms. The van der Waals surface area contributed by atoms with Gasteiger partial charge < -0.3 is 0 Å². The predicted octanol–water partition coefficient (Wildman–Crippen LogP) is 2.25. The van der Waals surface area contributed by atoms with Crippen molar-refractivity contribution in [1.82, 2.24) is 10.9 Å². The Morgan fingerprint density at radius 2 is 1.77 bits per heavy atom. The number of hydrogen-bond donors (Lipinski definition) is 2. The Kier molecular flexibility index (Phi) is 5.73. The summed E-state index contributed by atoms with van der Waals surface area (Å²) in [5, 5.41) is 0. The van der Waals surface area contributed by atoms with Crippen LogP contribution in [0.4, 0.5) is 0 Å². The molecule has 1 aromatic carbocycles. The highest BCUT2D eigenvalue weighted by molar-refractivity contribution is 7.91. The number of sulfone groups is 1. The molecule has 26 heavy (non-hydrogen) atoms. The summed E-state index contributed by atoms with van der Waals surface area (Å²) in [6, 6.07) is 9.85. The van der Waals surface area contributed by atoms with Gasteiger partial charge in [-0.25, -0.2) is 8.42 Å². The van der Waals surface area contributed by atoms with Crippen molar-refractivity contribution in [2.45, 2.75) is 37.0 Å². The van der Waals surface area contributed by atoms with Crippen molar-refractivity contribution in [3.05, 3.63) is 51.7 Å². The van der Waals surface area contributed by atoms with Gasteiger partial charge in [-0.2, -0.15) is 0 Å². The van der Waals surface area contributed by atoms with E-state index in [9.17, 15) is 18.0 Å². The van der Waals surface area contributed by atoms with Gasteiger partial charge in [-0.1, -0.05) is 18.2 Å². The van der Waals surface area contributed by atoms with E-state index in [1.54, 1.807) is 18.2 Å². The molecule has 0 unspecified atom stereocenters. The zero-order valence-corrected chi connectivity index (χ0v) is 15.8. The van der Waals surface area contributed by atoms with Crippen LogP contribution in [0.15, 0.2) is 41.3 Å². The summed E-state index contributed by atoms with van der Waals surface area (Å²) in [5.41, 5.74) is 5.86. The van der Waals surface area contributed by atoms with E-state index >= 15 is 0 Å². The molecule has 3 rings (SSSR count). The second-order valence-electron chi connectivity index (χ2n) is 6.15. The summed E-state index contributed by atoms with van der Waals surface area (Å²) < 4.78 is 24.3. The molecule has 0 saturated carbocycles. The molecule has 2 aromatic rings. The van der Waals surface area contributed by atoms with Crippen LogP contribution in [-0.4, -0.2) is 26.0 Å². The van der Waals surface area contributed by atoms with E-state index in [0.29, 0.717) is 4.88 Å². The highest BCUT2D eigenvalue weighted by Gasteiger charge is 2.19. The van der Waals surface area contributed by atoms with Crippen molar-refractivity contribution in [1.29, 1.82) is 0 Å². The van der Waals surface area contributed by atoms with E-state index in [4.69, 9.17) is 0 Å². The van der Waals surface area contributed by atoms with Gasteiger partial charge in [0.05, 0.1) is 15.5 Å². The van der Waals surface area contributed by atoms with Crippen LogP contribution in [-0.2, 0) is 27.5 Å². The molecule has 1 aliphatic rings. The minimum absolute atomic E-state index is 0.181. The van der Waals surface area contributed by atoms with Crippen molar-refractivity contribution >= 4 is 33.0 Å². The maximum absolute atomic E-state index is 12.2. The first-order chi connectivity index (χ1) is 12.5. The molecule has 1 aromatic heterocycles. The number of carbonyl (C=O) groups is 2. The summed E-state index contributed by atoms with van der Waals surface area (Å²) in [7, 11) is -3.52. The van der Waals surface area contributed by atoms with Gasteiger partial charge in [0.1, 0.15) is 0 Å². The Labute approximate surface area is 156 Å². The van der Waals surface area contributed by atoms with Crippen LogP contribution in [0, 0.1) is 0 Å². The molecule has 6 nitrogen and oxygen atoms in total. The first-order valence-corrected chi connectivity index (χ1v) is 10.9. The summed E-state index contributed by atoms with van der Waals surface area (Å²) >= 11 is 1.45. The number of rotatable bonds is 5. The Balaban J connectivity index is 1.49. The lowest BCUT2D eigenvalue weighted by atomic mass is 9.99. The minimum atomic E-state index is -3.52. The predicted molar refractivity (Wildman–Crippen MR) is 99.7 cm³/mol. The Morgan fingerprint density at radius 1 is 1.04 bits per heavy atom. The highest BCUT2D eigenvalue weighted by atomic mass is 32.2. The number of fused-ring (bicyclic) bond motifs is 1. The first kappa shape index (κ1) is 18.6. The molecule has 0 radical (unpaired) electrons. The van der Waals surface area contributed by atoms with E-state index in [2.05, 4.69) is 10.9 Å². The quantitative estimate of drug-likeness (QED) is 0.764. The Hall–Kier alpha value is -2.19. The lowest BCUT2D eigenvalue weighted by Gasteiger charge is -2.08. The number of carbonyl (C=O) groups excluding carboxylic acids is 2. The van der Waals surface area contributed by atoms with E-state index in [0.717, 1.165) is 25.7 Å². The lowest BCUT2D eigenvalue weighted by molar-refractivity contribution is -0.121. The summed E-state index contributed by atoms with van der Waals surface area (Å²) in [4.78, 5) is 26.0. The fourth-order valence-electron chi connectivity index (χ4n) is 2.83. The molecule has 0 fully saturated rings.